The molecule has 1 amide bonds. The molecule has 4 rings (SSSR count). The normalized spacial score (nSPS) is 15.2. The van der Waals surface area contributed by atoms with Crippen molar-refractivity contribution in [1.82, 2.24) is 5.32 Å². The molecule has 8 heteroatoms. The molecule has 34 heavy (non-hydrogen) atoms. The second-order valence-corrected chi connectivity index (χ2v) is 10.2. The molecule has 1 aliphatic heterocycles. The summed E-state index contributed by atoms with van der Waals surface area (Å²) in [7, 11) is -3.74. The van der Waals surface area contributed by atoms with Crippen LogP contribution in [-0.4, -0.2) is 40.1 Å². The number of ether oxygens (including phenoxy) is 2. The van der Waals surface area contributed by atoms with Crippen molar-refractivity contribution >= 4 is 21.6 Å². The van der Waals surface area contributed by atoms with Crippen LogP contribution >= 0.6 is 0 Å². The number of fused-ring (bicyclic) bond motifs is 1. The zero-order valence-corrected chi connectivity index (χ0v) is 20.0. The molecule has 1 heterocycles. The van der Waals surface area contributed by atoms with E-state index in [0.29, 0.717) is 17.0 Å². The monoisotopic (exact) mass is 480 g/mol. The summed E-state index contributed by atoms with van der Waals surface area (Å²) in [4.78, 5) is 12.8. The van der Waals surface area contributed by atoms with E-state index in [-0.39, 0.29) is 25.4 Å². The van der Waals surface area contributed by atoms with Gasteiger partial charge in [0.1, 0.15) is 18.1 Å². The number of aryl methyl sites for hydroxylation is 2. The Labute approximate surface area is 200 Å². The number of sulfonamides is 1. The lowest BCUT2D eigenvalue weighted by atomic mass is 10.1. The predicted octanol–water partition coefficient (Wildman–Crippen LogP) is 3.60. The van der Waals surface area contributed by atoms with E-state index in [2.05, 4.69) is 11.4 Å². The maximum absolute atomic E-state index is 13.3. The second kappa shape index (κ2) is 10.2. The van der Waals surface area contributed by atoms with Crippen LogP contribution in [0.2, 0.25) is 0 Å². The molecule has 3 aromatic carbocycles. The lowest BCUT2D eigenvalue weighted by Crippen LogP contribution is -2.51. The Kier molecular flexibility index (Phi) is 7.07. The summed E-state index contributed by atoms with van der Waals surface area (Å²) < 4.78 is 39.4. The minimum atomic E-state index is -3.74. The summed E-state index contributed by atoms with van der Waals surface area (Å²) in [5, 5.41) is 2.79. The van der Waals surface area contributed by atoms with Gasteiger partial charge >= 0.3 is 0 Å². The number of nitrogens with one attached hydrogen (secondary N) is 1. The summed E-state index contributed by atoms with van der Waals surface area (Å²) in [6.45, 7) is 4.45. The van der Waals surface area contributed by atoms with Crippen molar-refractivity contribution in [3.8, 4) is 11.5 Å². The summed E-state index contributed by atoms with van der Waals surface area (Å²) in [5.74, 6) is 0.545. The molecule has 1 atom stereocenters. The van der Waals surface area contributed by atoms with Gasteiger partial charge in [-0.1, -0.05) is 48.5 Å². The maximum Gasteiger partial charge on any atom is 0.263 e. The number of rotatable bonds is 8. The maximum atomic E-state index is 13.3. The van der Waals surface area contributed by atoms with Crippen LogP contribution in [0.25, 0.3) is 0 Å². The van der Waals surface area contributed by atoms with Gasteiger partial charge in [-0.15, -0.1) is 0 Å². The molecule has 0 radical (unpaired) electrons. The minimum absolute atomic E-state index is 0.101. The smallest absolute Gasteiger partial charge is 0.263 e. The molecule has 0 saturated heterocycles. The zero-order chi connectivity index (χ0) is 24.1. The van der Waals surface area contributed by atoms with E-state index in [9.17, 15) is 13.2 Å². The molecule has 0 saturated carbocycles. The van der Waals surface area contributed by atoms with Gasteiger partial charge in [0, 0.05) is 0 Å². The first-order chi connectivity index (χ1) is 16.3. The van der Waals surface area contributed by atoms with Crippen LogP contribution < -0.4 is 19.1 Å². The van der Waals surface area contributed by atoms with Gasteiger partial charge in [-0.25, -0.2) is 8.42 Å². The molecule has 0 unspecified atom stereocenters. The molecule has 0 aliphatic carbocycles. The Bertz CT molecular complexity index is 1240. The fourth-order valence-corrected chi connectivity index (χ4v) is 5.52. The summed E-state index contributed by atoms with van der Waals surface area (Å²) in [6.07, 6.45) is -0.971. The lowest BCUT2D eigenvalue weighted by molar-refractivity contribution is -0.127. The fourth-order valence-electron chi connectivity index (χ4n) is 3.94. The number of nitrogens with zero attached hydrogens (tertiary/aromatic N) is 1. The van der Waals surface area contributed by atoms with E-state index in [4.69, 9.17) is 9.47 Å². The van der Waals surface area contributed by atoms with Gasteiger partial charge in [0.15, 0.2) is 6.10 Å². The van der Waals surface area contributed by atoms with E-state index >= 15 is 0 Å². The van der Waals surface area contributed by atoms with E-state index in [1.165, 1.54) is 4.31 Å². The molecule has 0 fully saturated rings. The molecular formula is C26H28N2O5S. The Morgan fingerprint density at radius 3 is 2.44 bits per heavy atom. The van der Waals surface area contributed by atoms with Crippen LogP contribution in [0.5, 0.6) is 11.5 Å². The van der Waals surface area contributed by atoms with E-state index in [1.807, 2.05) is 32.0 Å². The number of hydrogen-bond acceptors (Lipinski definition) is 5. The van der Waals surface area contributed by atoms with Crippen molar-refractivity contribution in [2.45, 2.75) is 25.7 Å². The van der Waals surface area contributed by atoms with E-state index in [1.54, 1.807) is 48.5 Å². The molecule has 1 N–H and O–H groups in total. The number of para-hydroxylation sites is 2. The average molecular weight is 481 g/mol. The van der Waals surface area contributed by atoms with Gasteiger partial charge in [-0.3, -0.25) is 9.10 Å². The Hall–Kier alpha value is -3.52. The summed E-state index contributed by atoms with van der Waals surface area (Å²) >= 11 is 0. The summed E-state index contributed by atoms with van der Waals surface area (Å²) in [5.41, 5.74) is 3.31. The first-order valence-corrected chi connectivity index (χ1v) is 12.7. The highest BCUT2D eigenvalue weighted by Crippen LogP contribution is 2.35. The van der Waals surface area contributed by atoms with Crippen molar-refractivity contribution in [2.75, 3.05) is 24.0 Å². The van der Waals surface area contributed by atoms with Crippen LogP contribution in [0.3, 0.4) is 0 Å². The Morgan fingerprint density at radius 2 is 1.71 bits per heavy atom. The SMILES string of the molecule is Cc1cc(C)cc(OCCNC(=O)[C@@H]2CN(S(=O)(=O)Cc3ccccc3)c3ccccc3O2)c1. The molecule has 178 valence electrons. The minimum Gasteiger partial charge on any atom is -0.492 e. The van der Waals surface area contributed by atoms with Gasteiger partial charge < -0.3 is 14.8 Å². The fraction of sp³-hybridized carbons (Fsp3) is 0.269. The van der Waals surface area contributed by atoms with Gasteiger partial charge in [-0.05, 0) is 54.8 Å². The molecule has 0 spiro atoms. The number of anilines is 1. The molecule has 3 aromatic rings. The highest BCUT2D eigenvalue weighted by atomic mass is 32.2. The quantitative estimate of drug-likeness (QED) is 0.498. The van der Waals surface area contributed by atoms with Crippen LogP contribution in [0.15, 0.2) is 72.8 Å². The third kappa shape index (κ3) is 5.69. The first kappa shape index (κ1) is 23.6. The van der Waals surface area contributed by atoms with Crippen LogP contribution in [0.1, 0.15) is 16.7 Å². The van der Waals surface area contributed by atoms with Gasteiger partial charge in [0.05, 0.1) is 24.5 Å². The number of benzene rings is 3. The van der Waals surface area contributed by atoms with Gasteiger partial charge in [0.2, 0.25) is 10.0 Å². The number of carbonyl (C=O) groups is 1. The van der Waals surface area contributed by atoms with Gasteiger partial charge in [0.25, 0.3) is 5.91 Å². The topological polar surface area (TPSA) is 84.9 Å². The Morgan fingerprint density at radius 1 is 1.03 bits per heavy atom. The third-order valence-corrected chi connectivity index (χ3v) is 7.14. The molecule has 7 nitrogen and oxygen atoms in total. The van der Waals surface area contributed by atoms with Crippen molar-refractivity contribution in [2.24, 2.45) is 0 Å². The Balaban J connectivity index is 1.42. The standard InChI is InChI=1S/C26H28N2O5S/c1-19-14-20(2)16-22(15-19)32-13-12-27-26(29)25-17-28(23-10-6-7-11-24(23)33-25)34(30,31)18-21-8-4-3-5-9-21/h3-11,14-16,25H,12-13,17-18H2,1-2H3,(H,27,29)/t25-/m0/s1. The number of hydrogen-bond donors (Lipinski definition) is 1. The van der Waals surface area contributed by atoms with E-state index in [0.717, 1.165) is 16.9 Å². The largest absolute Gasteiger partial charge is 0.492 e. The highest BCUT2D eigenvalue weighted by Gasteiger charge is 2.36. The molecular weight excluding hydrogens is 452 g/mol. The number of carbonyl (C=O) groups excluding carboxylic acids is 1. The van der Waals surface area contributed by atoms with Crippen molar-refractivity contribution in [3.05, 3.63) is 89.5 Å². The second-order valence-electron chi connectivity index (χ2n) is 8.31. The number of amides is 1. The predicted molar refractivity (Wildman–Crippen MR) is 132 cm³/mol. The van der Waals surface area contributed by atoms with Crippen molar-refractivity contribution in [3.63, 3.8) is 0 Å². The lowest BCUT2D eigenvalue weighted by Gasteiger charge is -2.34. The zero-order valence-electron chi connectivity index (χ0n) is 19.2. The molecule has 1 aliphatic rings. The van der Waals surface area contributed by atoms with E-state index < -0.39 is 22.0 Å². The molecule has 0 aromatic heterocycles. The van der Waals surface area contributed by atoms with Crippen molar-refractivity contribution in [1.29, 1.82) is 0 Å². The summed E-state index contributed by atoms with van der Waals surface area (Å²) in [6, 6.07) is 21.8. The first-order valence-electron chi connectivity index (χ1n) is 11.1. The average Bonchev–Trinajstić information content (AvgIpc) is 2.80. The van der Waals surface area contributed by atoms with Crippen molar-refractivity contribution < 1.29 is 22.7 Å². The molecule has 0 bridgehead atoms. The van der Waals surface area contributed by atoms with Crippen LogP contribution in [0.4, 0.5) is 5.69 Å². The highest BCUT2D eigenvalue weighted by molar-refractivity contribution is 7.92. The van der Waals surface area contributed by atoms with Crippen LogP contribution in [0, 0.1) is 13.8 Å². The van der Waals surface area contributed by atoms with Crippen LogP contribution in [-0.2, 0) is 20.6 Å². The van der Waals surface area contributed by atoms with Gasteiger partial charge in [-0.2, -0.15) is 0 Å². The third-order valence-electron chi connectivity index (χ3n) is 5.42.